The van der Waals surface area contributed by atoms with Crippen molar-refractivity contribution in [3.8, 4) is 11.8 Å². The van der Waals surface area contributed by atoms with E-state index in [2.05, 4.69) is 9.97 Å². The smallest absolute Gasteiger partial charge is 0.319 e. The van der Waals surface area contributed by atoms with Gasteiger partial charge in [-0.1, -0.05) is 11.6 Å². The Labute approximate surface area is 108 Å². The molecule has 0 amide bonds. The predicted octanol–water partition coefficient (Wildman–Crippen LogP) is 2.36. The fourth-order valence-corrected chi connectivity index (χ4v) is 1.27. The van der Waals surface area contributed by atoms with Crippen LogP contribution in [0.25, 0.3) is 0 Å². The second kappa shape index (κ2) is 5.97. The van der Waals surface area contributed by atoms with Crippen molar-refractivity contribution in [2.75, 3.05) is 6.79 Å². The Morgan fingerprint density at radius 2 is 1.78 bits per heavy atom. The molecule has 1 heterocycles. The molecule has 1 aromatic carbocycles. The summed E-state index contributed by atoms with van der Waals surface area (Å²) < 4.78 is 10.4. The van der Waals surface area contributed by atoms with E-state index >= 15 is 0 Å². The molecule has 0 saturated carbocycles. The minimum atomic E-state index is -0.0257. The Kier molecular flexibility index (Phi) is 4.09. The number of carbonyl (C=O) groups excluding carboxylic acids is 1. The Morgan fingerprint density at radius 1 is 1.11 bits per heavy atom. The van der Waals surface area contributed by atoms with Crippen molar-refractivity contribution in [2.24, 2.45) is 0 Å². The van der Waals surface area contributed by atoms with Gasteiger partial charge in [-0.25, -0.2) is 9.97 Å². The second-order valence-corrected chi connectivity index (χ2v) is 3.71. The SMILES string of the molecule is O=Cc1ccc(OCOc2ncc(Cl)cn2)cc1. The molecule has 2 aromatic rings. The number of benzene rings is 1. The van der Waals surface area contributed by atoms with Gasteiger partial charge in [-0.2, -0.15) is 0 Å². The van der Waals surface area contributed by atoms with E-state index in [0.29, 0.717) is 16.3 Å². The van der Waals surface area contributed by atoms with E-state index in [4.69, 9.17) is 21.1 Å². The zero-order valence-electron chi connectivity index (χ0n) is 9.25. The topological polar surface area (TPSA) is 61.3 Å². The number of carbonyl (C=O) groups is 1. The minimum Gasteiger partial charge on any atom is -0.457 e. The molecular weight excluding hydrogens is 256 g/mol. The highest BCUT2D eigenvalue weighted by Crippen LogP contribution is 2.12. The van der Waals surface area contributed by atoms with E-state index in [1.54, 1.807) is 24.3 Å². The summed E-state index contributed by atoms with van der Waals surface area (Å²) in [5.74, 6) is 0.592. The normalized spacial score (nSPS) is 9.83. The number of rotatable bonds is 5. The molecular formula is C12H9ClN2O3. The Balaban J connectivity index is 1.84. The lowest BCUT2D eigenvalue weighted by Crippen LogP contribution is -2.07. The number of hydrogen-bond donors (Lipinski definition) is 0. The van der Waals surface area contributed by atoms with Crippen LogP contribution in [-0.2, 0) is 0 Å². The van der Waals surface area contributed by atoms with Gasteiger partial charge in [0.1, 0.15) is 12.0 Å². The molecule has 0 radical (unpaired) electrons. The molecule has 0 unspecified atom stereocenters. The van der Waals surface area contributed by atoms with Gasteiger partial charge in [0.2, 0.25) is 6.79 Å². The van der Waals surface area contributed by atoms with E-state index in [1.807, 2.05) is 0 Å². The molecule has 0 aliphatic rings. The van der Waals surface area contributed by atoms with Gasteiger partial charge in [0.15, 0.2) is 0 Å². The van der Waals surface area contributed by atoms with Crippen LogP contribution in [0.2, 0.25) is 5.02 Å². The van der Waals surface area contributed by atoms with E-state index < -0.39 is 0 Å². The van der Waals surface area contributed by atoms with Gasteiger partial charge in [0, 0.05) is 5.56 Å². The first-order chi connectivity index (χ1) is 8.78. The second-order valence-electron chi connectivity index (χ2n) is 3.28. The van der Waals surface area contributed by atoms with Gasteiger partial charge in [0.05, 0.1) is 17.4 Å². The molecule has 0 saturated heterocycles. The van der Waals surface area contributed by atoms with Gasteiger partial charge in [0.25, 0.3) is 0 Å². The molecule has 6 heteroatoms. The van der Waals surface area contributed by atoms with E-state index in [9.17, 15) is 4.79 Å². The summed E-state index contributed by atoms with van der Waals surface area (Å²) in [6.45, 7) is -0.0257. The standard InChI is InChI=1S/C12H9ClN2O3/c13-10-5-14-12(15-6-10)18-8-17-11-3-1-9(7-16)2-4-11/h1-7H,8H2. The van der Waals surface area contributed by atoms with E-state index in [-0.39, 0.29) is 12.8 Å². The summed E-state index contributed by atoms with van der Waals surface area (Å²) in [5.41, 5.74) is 0.587. The highest BCUT2D eigenvalue weighted by atomic mass is 35.5. The first kappa shape index (κ1) is 12.3. The number of halogens is 1. The summed E-state index contributed by atoms with van der Waals surface area (Å²) >= 11 is 5.63. The number of ether oxygens (including phenoxy) is 2. The molecule has 5 nitrogen and oxygen atoms in total. The first-order valence-corrected chi connectivity index (χ1v) is 5.44. The lowest BCUT2D eigenvalue weighted by atomic mass is 10.2. The predicted molar refractivity (Wildman–Crippen MR) is 65.0 cm³/mol. The third-order valence-corrected chi connectivity index (χ3v) is 2.22. The number of nitrogens with zero attached hydrogens (tertiary/aromatic N) is 2. The largest absolute Gasteiger partial charge is 0.457 e. The van der Waals surface area contributed by atoms with Crippen LogP contribution in [0.3, 0.4) is 0 Å². The Hall–Kier alpha value is -2.14. The fourth-order valence-electron chi connectivity index (χ4n) is 1.17. The van der Waals surface area contributed by atoms with Crippen LogP contribution < -0.4 is 9.47 Å². The molecule has 18 heavy (non-hydrogen) atoms. The van der Waals surface area contributed by atoms with Crippen LogP contribution in [0.1, 0.15) is 10.4 Å². The first-order valence-electron chi connectivity index (χ1n) is 5.06. The highest BCUT2D eigenvalue weighted by Gasteiger charge is 1.98. The number of hydrogen-bond acceptors (Lipinski definition) is 5. The Morgan fingerprint density at radius 3 is 2.39 bits per heavy atom. The van der Waals surface area contributed by atoms with Crippen molar-refractivity contribution in [3.05, 3.63) is 47.2 Å². The van der Waals surface area contributed by atoms with Gasteiger partial charge in [-0.3, -0.25) is 4.79 Å². The minimum absolute atomic E-state index is 0.0257. The van der Waals surface area contributed by atoms with Crippen LogP contribution in [0, 0.1) is 0 Å². The van der Waals surface area contributed by atoms with Gasteiger partial charge in [-0.15, -0.1) is 0 Å². The molecule has 0 aliphatic carbocycles. The van der Waals surface area contributed by atoms with Crippen molar-refractivity contribution in [2.45, 2.75) is 0 Å². The number of aromatic nitrogens is 2. The van der Waals surface area contributed by atoms with Crippen molar-refractivity contribution < 1.29 is 14.3 Å². The van der Waals surface area contributed by atoms with E-state index in [1.165, 1.54) is 12.4 Å². The maximum atomic E-state index is 10.5. The third kappa shape index (κ3) is 3.43. The maximum absolute atomic E-state index is 10.5. The molecule has 1 aromatic heterocycles. The fraction of sp³-hybridized carbons (Fsp3) is 0.0833. The van der Waals surface area contributed by atoms with Gasteiger partial charge >= 0.3 is 6.01 Å². The average Bonchev–Trinajstić information content (AvgIpc) is 2.42. The van der Waals surface area contributed by atoms with Crippen LogP contribution in [0.4, 0.5) is 0 Å². The van der Waals surface area contributed by atoms with Crippen LogP contribution in [0.15, 0.2) is 36.7 Å². The maximum Gasteiger partial charge on any atom is 0.319 e. The van der Waals surface area contributed by atoms with E-state index in [0.717, 1.165) is 6.29 Å². The molecule has 0 N–H and O–H groups in total. The zero-order valence-corrected chi connectivity index (χ0v) is 10.0. The molecule has 0 bridgehead atoms. The van der Waals surface area contributed by atoms with Gasteiger partial charge in [-0.05, 0) is 24.3 Å². The van der Waals surface area contributed by atoms with Crippen molar-refractivity contribution in [3.63, 3.8) is 0 Å². The monoisotopic (exact) mass is 264 g/mol. The quantitative estimate of drug-likeness (QED) is 0.613. The van der Waals surface area contributed by atoms with Crippen molar-refractivity contribution in [1.29, 1.82) is 0 Å². The molecule has 2 rings (SSSR count). The molecule has 92 valence electrons. The lowest BCUT2D eigenvalue weighted by Gasteiger charge is -2.06. The lowest BCUT2D eigenvalue weighted by molar-refractivity contribution is 0.110. The Bertz CT molecular complexity index is 514. The summed E-state index contributed by atoms with van der Waals surface area (Å²) in [7, 11) is 0. The molecule has 0 fully saturated rings. The van der Waals surface area contributed by atoms with Crippen molar-refractivity contribution in [1.82, 2.24) is 9.97 Å². The zero-order chi connectivity index (χ0) is 12.8. The summed E-state index contributed by atoms with van der Waals surface area (Å²) in [5, 5.41) is 0.438. The van der Waals surface area contributed by atoms with Crippen molar-refractivity contribution >= 4 is 17.9 Å². The van der Waals surface area contributed by atoms with Gasteiger partial charge < -0.3 is 9.47 Å². The molecule has 0 spiro atoms. The van der Waals surface area contributed by atoms with Crippen LogP contribution in [0.5, 0.6) is 11.8 Å². The average molecular weight is 265 g/mol. The molecule has 0 aliphatic heterocycles. The summed E-state index contributed by atoms with van der Waals surface area (Å²) in [6, 6.07) is 6.84. The summed E-state index contributed by atoms with van der Waals surface area (Å²) in [6.07, 6.45) is 3.63. The number of aldehydes is 1. The van der Waals surface area contributed by atoms with Crippen LogP contribution in [-0.4, -0.2) is 23.0 Å². The highest BCUT2D eigenvalue weighted by molar-refractivity contribution is 6.30. The van der Waals surface area contributed by atoms with Crippen LogP contribution >= 0.6 is 11.6 Å². The molecule has 0 atom stereocenters. The third-order valence-electron chi connectivity index (χ3n) is 2.03. The summed E-state index contributed by atoms with van der Waals surface area (Å²) in [4.78, 5) is 18.1.